The number of ether oxygens (including phenoxy) is 1. The first-order chi connectivity index (χ1) is 16.6. The summed E-state index contributed by atoms with van der Waals surface area (Å²) in [5.74, 6) is -1.02. The quantitative estimate of drug-likeness (QED) is 0.383. The summed E-state index contributed by atoms with van der Waals surface area (Å²) in [7, 11) is -0.679. The topological polar surface area (TPSA) is 50.8 Å². The molecule has 0 saturated heterocycles. The molecular formula is C26H34ClF3N2O3Si. The first-order valence-corrected chi connectivity index (χ1v) is 15.2. The Kier molecular flexibility index (Phi) is 8.49. The van der Waals surface area contributed by atoms with Crippen molar-refractivity contribution in [3.63, 3.8) is 0 Å². The third-order valence-electron chi connectivity index (χ3n) is 7.11. The molecule has 10 heteroatoms. The number of halogens is 4. The minimum Gasteiger partial charge on any atom is -0.496 e. The second kappa shape index (κ2) is 10.7. The Morgan fingerprint density at radius 3 is 2.47 bits per heavy atom. The number of rotatable bonds is 7. The lowest BCUT2D eigenvalue weighted by atomic mass is 9.98. The van der Waals surface area contributed by atoms with Crippen LogP contribution in [0.1, 0.15) is 47.8 Å². The zero-order valence-corrected chi connectivity index (χ0v) is 23.4. The summed E-state index contributed by atoms with van der Waals surface area (Å²) in [5, 5.41) is 3.22. The maximum atomic E-state index is 13.4. The van der Waals surface area contributed by atoms with Crippen LogP contribution in [0.4, 0.5) is 18.9 Å². The Morgan fingerprint density at radius 2 is 1.86 bits per heavy atom. The van der Waals surface area contributed by atoms with Crippen LogP contribution < -0.4 is 10.1 Å². The highest BCUT2D eigenvalue weighted by Crippen LogP contribution is 2.38. The van der Waals surface area contributed by atoms with E-state index in [9.17, 15) is 18.0 Å². The Hall–Kier alpha value is -2.07. The number of methoxy groups -OCH3 is 1. The molecular weight excluding hydrogens is 509 g/mol. The molecule has 1 aliphatic rings. The Labute approximate surface area is 217 Å². The lowest BCUT2D eigenvalue weighted by molar-refractivity contribution is -0.138. The maximum absolute atomic E-state index is 13.4. The van der Waals surface area contributed by atoms with Crippen molar-refractivity contribution in [1.29, 1.82) is 0 Å². The predicted molar refractivity (Wildman–Crippen MR) is 140 cm³/mol. The number of carbonyl (C=O) groups is 1. The average Bonchev–Trinajstić information content (AvgIpc) is 2.79. The Morgan fingerprint density at radius 1 is 1.17 bits per heavy atom. The van der Waals surface area contributed by atoms with Gasteiger partial charge in [0.25, 0.3) is 5.91 Å². The summed E-state index contributed by atoms with van der Waals surface area (Å²) >= 11 is 6.68. The van der Waals surface area contributed by atoms with Crippen molar-refractivity contribution in [3.8, 4) is 5.75 Å². The molecule has 1 amide bonds. The highest BCUT2D eigenvalue weighted by atomic mass is 35.5. The van der Waals surface area contributed by atoms with Gasteiger partial charge in [-0.2, -0.15) is 13.2 Å². The largest absolute Gasteiger partial charge is 0.496 e. The van der Waals surface area contributed by atoms with E-state index in [-0.39, 0.29) is 16.4 Å². The number of amides is 1. The number of hydrogen-bond acceptors (Lipinski definition) is 4. The van der Waals surface area contributed by atoms with Gasteiger partial charge in [-0.25, -0.2) is 0 Å². The summed E-state index contributed by atoms with van der Waals surface area (Å²) in [6.45, 7) is 14.0. The molecule has 1 aliphatic heterocycles. The van der Waals surface area contributed by atoms with E-state index in [0.29, 0.717) is 23.9 Å². The summed E-state index contributed by atoms with van der Waals surface area (Å²) in [4.78, 5) is 15.1. The molecule has 0 saturated carbocycles. The number of hydrogen-bond donors (Lipinski definition) is 1. The maximum Gasteiger partial charge on any atom is 0.419 e. The van der Waals surface area contributed by atoms with Gasteiger partial charge in [0.2, 0.25) is 0 Å². The SMILES string of the molecule is COc1ccc(C(=O)Nc2ccc3c(c2Cl)CN(CCO[Si](C)(C)C(C)(C)C)CC3)cc1C(F)(F)F. The number of fused-ring (bicyclic) bond motifs is 1. The third kappa shape index (κ3) is 6.43. The van der Waals surface area contributed by atoms with Crippen molar-refractivity contribution in [3.05, 3.63) is 57.6 Å². The molecule has 0 fully saturated rings. The number of anilines is 1. The molecule has 0 unspecified atom stereocenters. The van der Waals surface area contributed by atoms with Crippen LogP contribution in [-0.4, -0.2) is 45.9 Å². The van der Waals surface area contributed by atoms with E-state index in [1.165, 1.54) is 6.07 Å². The minimum absolute atomic E-state index is 0.138. The molecule has 0 aromatic heterocycles. The fraction of sp³-hybridized carbons (Fsp3) is 0.500. The average molecular weight is 543 g/mol. The van der Waals surface area contributed by atoms with Gasteiger partial charge in [0.15, 0.2) is 8.32 Å². The van der Waals surface area contributed by atoms with Gasteiger partial charge in [0, 0.05) is 31.8 Å². The molecule has 198 valence electrons. The smallest absolute Gasteiger partial charge is 0.419 e. The summed E-state index contributed by atoms with van der Waals surface area (Å²) in [6, 6.07) is 6.82. The van der Waals surface area contributed by atoms with Crippen molar-refractivity contribution in [2.75, 3.05) is 32.1 Å². The summed E-state index contributed by atoms with van der Waals surface area (Å²) in [5.41, 5.74) is 1.23. The van der Waals surface area contributed by atoms with E-state index < -0.39 is 26.0 Å². The first kappa shape index (κ1) is 28.5. The molecule has 0 atom stereocenters. The highest BCUT2D eigenvalue weighted by molar-refractivity contribution is 6.74. The molecule has 3 rings (SSSR count). The molecule has 2 aromatic rings. The van der Waals surface area contributed by atoms with Crippen LogP contribution in [0.3, 0.4) is 0 Å². The van der Waals surface area contributed by atoms with E-state index in [2.05, 4.69) is 44.1 Å². The second-order valence-electron chi connectivity index (χ2n) is 10.6. The van der Waals surface area contributed by atoms with Gasteiger partial charge >= 0.3 is 6.18 Å². The molecule has 5 nitrogen and oxygen atoms in total. The van der Waals surface area contributed by atoms with Crippen LogP contribution in [-0.2, 0) is 23.6 Å². The van der Waals surface area contributed by atoms with Crippen LogP contribution in [0.25, 0.3) is 0 Å². The molecule has 0 spiro atoms. The van der Waals surface area contributed by atoms with Gasteiger partial charge in [0.05, 0.1) is 23.4 Å². The monoisotopic (exact) mass is 542 g/mol. The normalized spacial score (nSPS) is 14.9. The van der Waals surface area contributed by atoms with Gasteiger partial charge in [0.1, 0.15) is 5.75 Å². The van der Waals surface area contributed by atoms with E-state index in [1.54, 1.807) is 6.07 Å². The molecule has 0 radical (unpaired) electrons. The van der Waals surface area contributed by atoms with Crippen molar-refractivity contribution < 1.29 is 27.1 Å². The van der Waals surface area contributed by atoms with Gasteiger partial charge in [-0.3, -0.25) is 9.69 Å². The highest BCUT2D eigenvalue weighted by Gasteiger charge is 2.37. The fourth-order valence-corrected chi connectivity index (χ4v) is 5.17. The van der Waals surface area contributed by atoms with Gasteiger partial charge in [-0.15, -0.1) is 0 Å². The van der Waals surface area contributed by atoms with Crippen LogP contribution in [0, 0.1) is 0 Å². The molecule has 36 heavy (non-hydrogen) atoms. The van der Waals surface area contributed by atoms with Crippen LogP contribution in [0.2, 0.25) is 23.2 Å². The number of carbonyl (C=O) groups excluding carboxylic acids is 1. The van der Waals surface area contributed by atoms with Gasteiger partial charge < -0.3 is 14.5 Å². The van der Waals surface area contributed by atoms with E-state index >= 15 is 0 Å². The van der Waals surface area contributed by atoms with Crippen molar-refractivity contribution in [2.45, 2.75) is 58.0 Å². The Balaban J connectivity index is 1.72. The number of nitrogens with one attached hydrogen (secondary N) is 1. The summed E-state index contributed by atoms with van der Waals surface area (Å²) in [6.07, 6.45) is -3.83. The van der Waals surface area contributed by atoms with E-state index in [4.69, 9.17) is 20.8 Å². The predicted octanol–water partition coefficient (Wildman–Crippen LogP) is 7.00. The lowest BCUT2D eigenvalue weighted by Crippen LogP contribution is -2.43. The first-order valence-electron chi connectivity index (χ1n) is 11.9. The van der Waals surface area contributed by atoms with Crippen LogP contribution in [0.5, 0.6) is 5.75 Å². The molecule has 0 bridgehead atoms. The fourth-order valence-electron chi connectivity index (χ4n) is 3.85. The lowest BCUT2D eigenvalue weighted by Gasteiger charge is -2.37. The second-order valence-corrected chi connectivity index (χ2v) is 15.8. The molecule has 1 heterocycles. The zero-order chi connectivity index (χ0) is 26.9. The Bertz CT molecular complexity index is 1120. The van der Waals surface area contributed by atoms with Crippen molar-refractivity contribution in [2.24, 2.45) is 0 Å². The van der Waals surface area contributed by atoms with Gasteiger partial charge in [-0.1, -0.05) is 38.4 Å². The molecule has 0 aliphatic carbocycles. The van der Waals surface area contributed by atoms with Crippen molar-refractivity contribution >= 4 is 31.5 Å². The van der Waals surface area contributed by atoms with E-state index in [1.807, 2.05) is 6.07 Å². The standard InChI is InChI=1S/C26H34ClF3N2O3Si/c1-25(2,3)36(5,6)35-14-13-32-12-11-17-7-9-21(23(27)19(17)16-32)31-24(33)18-8-10-22(34-4)20(15-18)26(28,29)30/h7-10,15H,11-14,16H2,1-6H3,(H,31,33). The van der Waals surface area contributed by atoms with Gasteiger partial charge in [-0.05, 0) is 59.9 Å². The van der Waals surface area contributed by atoms with E-state index in [0.717, 1.165) is 49.9 Å². The zero-order valence-electron chi connectivity index (χ0n) is 21.6. The number of alkyl halides is 3. The van der Waals surface area contributed by atoms with Crippen LogP contribution in [0.15, 0.2) is 30.3 Å². The third-order valence-corrected chi connectivity index (χ3v) is 12.1. The minimum atomic E-state index is -4.65. The number of benzene rings is 2. The van der Waals surface area contributed by atoms with Crippen molar-refractivity contribution in [1.82, 2.24) is 4.90 Å². The molecule has 2 aromatic carbocycles. The van der Waals surface area contributed by atoms with Crippen LogP contribution >= 0.6 is 11.6 Å². The summed E-state index contributed by atoms with van der Waals surface area (Å²) < 4.78 is 51.2. The number of nitrogens with zero attached hydrogens (tertiary/aromatic N) is 1. The molecule has 1 N–H and O–H groups in total.